The highest BCUT2D eigenvalue weighted by molar-refractivity contribution is 6.32. The zero-order valence-corrected chi connectivity index (χ0v) is 21.6. The number of aryl methyl sites for hydroxylation is 1. The summed E-state index contributed by atoms with van der Waals surface area (Å²) in [6.45, 7) is 9.68. The van der Waals surface area contributed by atoms with Crippen LogP contribution in [0, 0.1) is 19.3 Å². The van der Waals surface area contributed by atoms with E-state index in [0.717, 1.165) is 22.4 Å². The number of allylic oxidation sites excluding steroid dienone is 2. The number of carbonyl (C=O) groups is 1. The van der Waals surface area contributed by atoms with Gasteiger partial charge in [0.2, 0.25) is 0 Å². The number of H-pyrrole nitrogens is 1. The molecule has 0 saturated heterocycles. The summed E-state index contributed by atoms with van der Waals surface area (Å²) < 4.78 is 11.1. The van der Waals surface area contributed by atoms with Crippen LogP contribution in [-0.2, 0) is 4.74 Å². The number of nitrogens with one attached hydrogen (secondary N) is 1. The van der Waals surface area contributed by atoms with E-state index in [4.69, 9.17) is 27.5 Å². The molecule has 1 heterocycles. The number of hydrogen-bond donors (Lipinski definition) is 1. The molecule has 0 fully saturated rings. The highest BCUT2D eigenvalue weighted by atomic mass is 35.5. The summed E-state index contributed by atoms with van der Waals surface area (Å²) in [5.74, 6) is 2.77. The van der Waals surface area contributed by atoms with E-state index in [1.165, 1.54) is 13.2 Å². The lowest BCUT2D eigenvalue weighted by molar-refractivity contribution is 0.0589. The number of benzene rings is 2. The molecule has 0 aliphatic heterocycles. The molecule has 1 unspecified atom stereocenters. The molecule has 1 N–H and O–H groups in total. The minimum atomic E-state index is -0.559. The van der Waals surface area contributed by atoms with Crippen LogP contribution < -0.4 is 9.64 Å². The SMILES string of the molecule is C#C/C=C(Cl)\C(=C/C)C(C)Oc1cc(N(C=C)c2ccc(-c3ccccc3)cc2C)[nH]c1C(=O)OC. The maximum atomic E-state index is 12.6. The largest absolute Gasteiger partial charge is 0.483 e. The van der Waals surface area contributed by atoms with Gasteiger partial charge in [-0.1, -0.05) is 66.6 Å². The van der Waals surface area contributed by atoms with Crippen LogP contribution in [0.4, 0.5) is 11.5 Å². The van der Waals surface area contributed by atoms with Gasteiger partial charge in [0.05, 0.1) is 12.1 Å². The zero-order chi connectivity index (χ0) is 26.2. The summed E-state index contributed by atoms with van der Waals surface area (Å²) in [4.78, 5) is 17.5. The van der Waals surface area contributed by atoms with Gasteiger partial charge in [0.15, 0.2) is 11.4 Å². The minimum Gasteiger partial charge on any atom is -0.483 e. The highest BCUT2D eigenvalue weighted by Crippen LogP contribution is 2.36. The van der Waals surface area contributed by atoms with E-state index in [2.05, 4.69) is 41.7 Å². The molecule has 0 saturated carbocycles. The van der Waals surface area contributed by atoms with Gasteiger partial charge in [-0.25, -0.2) is 4.79 Å². The normalized spacial score (nSPS) is 12.4. The standard InChI is InChI=1S/C30H29ClN2O3/c1-7-13-25(31)24(8-2)21(5)36-27-19-28(32-29(27)30(34)35-6)33(9-3)26-17-16-23(18-20(26)4)22-14-11-10-12-15-22/h1,8-19,21,32H,3H2,2,4-6H3/b24-8-,25-13+. The number of aromatic amines is 1. The van der Waals surface area contributed by atoms with Crippen LogP contribution in [0.2, 0.25) is 0 Å². The Morgan fingerprint density at radius 3 is 2.50 bits per heavy atom. The average Bonchev–Trinajstić information content (AvgIpc) is 3.29. The van der Waals surface area contributed by atoms with E-state index in [-0.39, 0.29) is 5.69 Å². The third-order valence-electron chi connectivity index (χ3n) is 5.70. The topological polar surface area (TPSA) is 54.6 Å². The van der Waals surface area contributed by atoms with Crippen LogP contribution in [0.15, 0.2) is 90.1 Å². The number of anilines is 2. The molecule has 184 valence electrons. The fourth-order valence-corrected chi connectivity index (χ4v) is 4.26. The van der Waals surface area contributed by atoms with Gasteiger partial charge in [-0.3, -0.25) is 0 Å². The first kappa shape index (κ1) is 26.5. The average molecular weight is 501 g/mol. The second-order valence-electron chi connectivity index (χ2n) is 7.97. The first-order valence-corrected chi connectivity index (χ1v) is 11.8. The molecule has 0 bridgehead atoms. The minimum absolute atomic E-state index is 0.178. The van der Waals surface area contributed by atoms with Gasteiger partial charge in [0, 0.05) is 29.6 Å². The summed E-state index contributed by atoms with van der Waals surface area (Å²) in [6.07, 6.45) is 9.83. The smallest absolute Gasteiger partial charge is 0.358 e. The van der Waals surface area contributed by atoms with Crippen molar-refractivity contribution < 1.29 is 14.3 Å². The second kappa shape index (κ2) is 12.0. The van der Waals surface area contributed by atoms with E-state index in [1.54, 1.807) is 12.3 Å². The molecule has 36 heavy (non-hydrogen) atoms. The van der Waals surface area contributed by atoms with E-state index in [9.17, 15) is 4.79 Å². The molecule has 0 aliphatic rings. The molecule has 0 radical (unpaired) electrons. The molecular formula is C30H29ClN2O3. The summed E-state index contributed by atoms with van der Waals surface area (Å²) >= 11 is 6.32. The van der Waals surface area contributed by atoms with Gasteiger partial charge in [-0.05, 0) is 49.6 Å². The van der Waals surface area contributed by atoms with Crippen LogP contribution in [-0.4, -0.2) is 24.2 Å². The lowest BCUT2D eigenvalue weighted by atomic mass is 10.0. The van der Waals surface area contributed by atoms with Crippen LogP contribution in [0.1, 0.15) is 29.9 Å². The van der Waals surface area contributed by atoms with Crippen molar-refractivity contribution in [2.24, 2.45) is 0 Å². The Kier molecular flexibility index (Phi) is 8.83. The number of terminal acetylenes is 1. The van der Waals surface area contributed by atoms with Crippen LogP contribution in [0.25, 0.3) is 11.1 Å². The Balaban J connectivity index is 1.99. The summed E-state index contributed by atoms with van der Waals surface area (Å²) in [5, 5.41) is 0.393. The molecule has 0 spiro atoms. The van der Waals surface area contributed by atoms with Gasteiger partial charge in [-0.15, -0.1) is 6.42 Å². The third-order valence-corrected chi connectivity index (χ3v) is 6.03. The molecular weight excluding hydrogens is 472 g/mol. The first-order valence-electron chi connectivity index (χ1n) is 11.4. The van der Waals surface area contributed by atoms with Gasteiger partial charge in [0.25, 0.3) is 0 Å². The number of esters is 1. The van der Waals surface area contributed by atoms with Crippen molar-refractivity contribution in [3.8, 4) is 29.2 Å². The lowest BCUT2D eigenvalue weighted by Gasteiger charge is -2.21. The fraction of sp³-hybridized carbons (Fsp3) is 0.167. The predicted octanol–water partition coefficient (Wildman–Crippen LogP) is 7.53. The Bertz CT molecular complexity index is 1350. The number of hydrogen-bond acceptors (Lipinski definition) is 4. The summed E-state index contributed by atoms with van der Waals surface area (Å²) in [6, 6.07) is 18.1. The predicted molar refractivity (Wildman–Crippen MR) is 148 cm³/mol. The fourth-order valence-electron chi connectivity index (χ4n) is 3.94. The Hall–Kier alpha value is -4.14. The summed E-state index contributed by atoms with van der Waals surface area (Å²) in [7, 11) is 1.32. The van der Waals surface area contributed by atoms with Crippen molar-refractivity contribution in [1.82, 2.24) is 4.98 Å². The molecule has 1 aromatic heterocycles. The molecule has 1 atom stereocenters. The Morgan fingerprint density at radius 2 is 1.92 bits per heavy atom. The second-order valence-corrected chi connectivity index (χ2v) is 8.38. The third kappa shape index (κ3) is 5.73. The number of nitrogens with zero attached hydrogens (tertiary/aromatic N) is 1. The van der Waals surface area contributed by atoms with E-state index < -0.39 is 12.1 Å². The number of halogens is 1. The first-order chi connectivity index (χ1) is 17.3. The van der Waals surface area contributed by atoms with Gasteiger partial charge < -0.3 is 19.4 Å². The molecule has 3 rings (SSSR count). The van der Waals surface area contributed by atoms with Crippen molar-refractivity contribution in [3.05, 3.63) is 101 Å². The number of rotatable bonds is 9. The van der Waals surface area contributed by atoms with Gasteiger partial charge in [-0.2, -0.15) is 0 Å². The van der Waals surface area contributed by atoms with Crippen molar-refractivity contribution in [1.29, 1.82) is 0 Å². The van der Waals surface area contributed by atoms with Gasteiger partial charge >= 0.3 is 5.97 Å². The van der Waals surface area contributed by atoms with Crippen LogP contribution in [0.3, 0.4) is 0 Å². The monoisotopic (exact) mass is 500 g/mol. The van der Waals surface area contributed by atoms with E-state index in [0.29, 0.717) is 22.2 Å². The molecule has 2 aromatic carbocycles. The quantitative estimate of drug-likeness (QED) is 0.187. The van der Waals surface area contributed by atoms with Crippen molar-refractivity contribution in [2.75, 3.05) is 12.0 Å². The lowest BCUT2D eigenvalue weighted by Crippen LogP contribution is -2.17. The number of methoxy groups -OCH3 is 1. The zero-order valence-electron chi connectivity index (χ0n) is 20.8. The van der Waals surface area contributed by atoms with Crippen LogP contribution >= 0.6 is 11.6 Å². The highest BCUT2D eigenvalue weighted by Gasteiger charge is 2.24. The maximum Gasteiger partial charge on any atom is 0.358 e. The Labute approximate surface area is 217 Å². The maximum absolute atomic E-state index is 12.6. The summed E-state index contributed by atoms with van der Waals surface area (Å²) in [5.41, 5.74) is 5.04. The van der Waals surface area contributed by atoms with E-state index >= 15 is 0 Å². The van der Waals surface area contributed by atoms with Crippen molar-refractivity contribution in [3.63, 3.8) is 0 Å². The molecule has 0 aliphatic carbocycles. The Morgan fingerprint density at radius 1 is 1.19 bits per heavy atom. The van der Waals surface area contributed by atoms with Crippen LogP contribution in [0.5, 0.6) is 5.75 Å². The number of ether oxygens (including phenoxy) is 2. The van der Waals surface area contributed by atoms with Crippen molar-refractivity contribution >= 4 is 29.1 Å². The molecule has 5 nitrogen and oxygen atoms in total. The van der Waals surface area contributed by atoms with E-state index in [1.807, 2.05) is 56.0 Å². The molecule has 6 heteroatoms. The number of carbonyl (C=O) groups excluding carboxylic acids is 1. The molecule has 0 amide bonds. The number of aromatic nitrogens is 1. The van der Waals surface area contributed by atoms with Gasteiger partial charge in [0.1, 0.15) is 11.9 Å². The van der Waals surface area contributed by atoms with Crippen molar-refractivity contribution in [2.45, 2.75) is 26.9 Å². The molecule has 3 aromatic rings.